The molecular formula is C13H47O18Si20. The molecule has 287 valence electrons. The molecule has 1 aliphatic rings. The Morgan fingerprint density at radius 2 is 1.16 bits per heavy atom. The van der Waals surface area contributed by atoms with E-state index in [9.17, 15) is 43.2 Å². The van der Waals surface area contributed by atoms with Crippen molar-refractivity contribution in [2.24, 2.45) is 0 Å². The van der Waals surface area contributed by atoms with E-state index in [1.165, 1.54) is 20.2 Å². The maximum Gasteiger partial charge on any atom is 0.420 e. The van der Waals surface area contributed by atoms with Gasteiger partial charge in [-0.05, 0) is 72.0 Å². The molecule has 1 aliphatic heterocycles. The molecular weight excluding hydrogens is 1010 g/mol. The van der Waals surface area contributed by atoms with Gasteiger partial charge in [-0.2, -0.15) is 0 Å². The van der Waals surface area contributed by atoms with Crippen molar-refractivity contribution in [3.63, 3.8) is 0 Å². The predicted molar refractivity (Wildman–Crippen MR) is 220 cm³/mol. The number of hydrogen-bond acceptors (Lipinski definition) is 18. The van der Waals surface area contributed by atoms with Gasteiger partial charge in [0.2, 0.25) is 43.3 Å². The van der Waals surface area contributed by atoms with E-state index in [1.807, 2.05) is 45.8 Å². The lowest BCUT2D eigenvalue weighted by atomic mass is 11.8. The number of rotatable bonds is 21. The van der Waals surface area contributed by atoms with Gasteiger partial charge in [0, 0.05) is 22.5 Å². The van der Waals surface area contributed by atoms with Crippen LogP contribution in [0, 0.1) is 0 Å². The second-order valence-electron chi connectivity index (χ2n) is 13.8. The molecule has 9 N–H and O–H groups in total. The molecule has 0 aromatic heterocycles. The summed E-state index contributed by atoms with van der Waals surface area (Å²) in [4.78, 5) is 102. The van der Waals surface area contributed by atoms with E-state index < -0.39 is 161 Å². The smallest absolute Gasteiger partial charge is 0.420 e. The fourth-order valence-electron chi connectivity index (χ4n) is 6.07. The molecule has 18 nitrogen and oxygen atoms in total. The van der Waals surface area contributed by atoms with Crippen molar-refractivity contribution in [1.82, 2.24) is 0 Å². The third-order valence-corrected chi connectivity index (χ3v) is 159. The van der Waals surface area contributed by atoms with Crippen molar-refractivity contribution < 1.29 is 80.5 Å². The van der Waals surface area contributed by atoms with E-state index in [4.69, 9.17) is 37.3 Å². The van der Waals surface area contributed by atoms with Crippen LogP contribution in [0.1, 0.15) is 0 Å². The molecule has 0 aliphatic carbocycles. The first-order chi connectivity index (χ1) is 23.1. The monoisotopic (exact) mass is 1050 g/mol. The van der Waals surface area contributed by atoms with Crippen LogP contribution in [0.2, 0.25) is 77.7 Å². The first-order valence-electron chi connectivity index (χ1n) is 14.8. The van der Waals surface area contributed by atoms with Crippen LogP contribution in [0.4, 0.5) is 0 Å². The molecule has 6 unspecified atom stereocenters. The molecule has 38 heteroatoms. The molecule has 0 spiro atoms. The molecule has 51 heavy (non-hydrogen) atoms. The highest BCUT2D eigenvalue weighted by atomic mass is 30.3. The highest BCUT2D eigenvalue weighted by Gasteiger charge is 2.92. The third kappa shape index (κ3) is 11.3. The lowest BCUT2D eigenvalue weighted by Crippen LogP contribution is -3.06. The summed E-state index contributed by atoms with van der Waals surface area (Å²) >= 11 is 0. The van der Waals surface area contributed by atoms with E-state index in [1.54, 1.807) is 13.1 Å². The second-order valence-corrected chi connectivity index (χ2v) is 104. The largest absolute Gasteiger partial charge is 0.437 e. The molecule has 0 saturated carbocycles. The third-order valence-electron chi connectivity index (χ3n) is 7.17. The minimum Gasteiger partial charge on any atom is -0.437 e. The lowest BCUT2D eigenvalue weighted by molar-refractivity contribution is 0.296. The van der Waals surface area contributed by atoms with Crippen LogP contribution >= 0.6 is 0 Å². The van der Waals surface area contributed by atoms with Gasteiger partial charge in [-0.1, -0.05) is 0 Å². The SMILES string of the molecule is CO[Si](C)([Si])[Si]1(O[Si](C)O)[Si]([Si]O)([Si](C)O)O[Si](C)(O[Si](C)(C)C)C[Si](C)(O[Si](C)(C)C)O[Si]1(O[Si](O[Si]O)([Si]O)[Si]O)[Si](O[Si]O)([Si]O)[Si]O. The molecule has 0 aromatic rings. The van der Waals surface area contributed by atoms with E-state index in [0.717, 1.165) is 0 Å². The average Bonchev–Trinajstić information content (AvgIpc) is 2.97. The first kappa shape index (κ1) is 52.6. The molecule has 1 rings (SSSR count). The molecule has 0 amide bonds. The molecule has 1 saturated heterocycles. The van der Waals surface area contributed by atoms with Crippen molar-refractivity contribution in [3.8, 4) is 0 Å². The minimum atomic E-state index is -5.29. The summed E-state index contributed by atoms with van der Waals surface area (Å²) in [6.07, 6.45) is 0. The van der Waals surface area contributed by atoms with E-state index >= 15 is 0 Å². The Morgan fingerprint density at radius 1 is 0.706 bits per heavy atom. The molecule has 1 fully saturated rings. The van der Waals surface area contributed by atoms with Crippen molar-refractivity contribution in [3.05, 3.63) is 0 Å². The average molecular weight is 1050 g/mol. The summed E-state index contributed by atoms with van der Waals surface area (Å²) in [6, 6.07) is 0. The number of hydrogen-bond donors (Lipinski definition) is 9. The van der Waals surface area contributed by atoms with Crippen LogP contribution in [0.25, 0.3) is 0 Å². The van der Waals surface area contributed by atoms with Crippen LogP contribution in [0.15, 0.2) is 0 Å². The first-order valence-corrected chi connectivity index (χ1v) is 60.2. The van der Waals surface area contributed by atoms with Gasteiger partial charge in [0.1, 0.15) is 0 Å². The topological polar surface area (TPSA) is 265 Å². The minimum absolute atomic E-state index is 0.0382. The van der Waals surface area contributed by atoms with Gasteiger partial charge in [-0.3, -0.25) is 0 Å². The van der Waals surface area contributed by atoms with E-state index in [2.05, 4.69) is 9.76 Å². The van der Waals surface area contributed by atoms with E-state index in [0.29, 0.717) is 0 Å². The molecule has 19 radical (unpaired) electrons. The van der Waals surface area contributed by atoms with Gasteiger partial charge >= 0.3 is 61.6 Å². The van der Waals surface area contributed by atoms with Crippen molar-refractivity contribution in [1.29, 1.82) is 0 Å². The van der Waals surface area contributed by atoms with Gasteiger partial charge in [-0.15, -0.1) is 0 Å². The van der Waals surface area contributed by atoms with Crippen molar-refractivity contribution in [2.45, 2.75) is 77.7 Å². The second kappa shape index (κ2) is 19.8. The van der Waals surface area contributed by atoms with Gasteiger partial charge in [0.15, 0.2) is 24.0 Å². The van der Waals surface area contributed by atoms with Crippen LogP contribution in [0.5, 0.6) is 0 Å². The highest BCUT2D eigenvalue weighted by Crippen LogP contribution is 2.50. The predicted octanol–water partition coefficient (Wildman–Crippen LogP) is -6.20. The lowest BCUT2D eigenvalue weighted by Gasteiger charge is -2.66. The van der Waals surface area contributed by atoms with Gasteiger partial charge in [-0.25, -0.2) is 0 Å². The summed E-state index contributed by atoms with van der Waals surface area (Å²) in [5.41, 5.74) is 0.0382. The summed E-state index contributed by atoms with van der Waals surface area (Å²) in [7, 11) is -36.3. The molecule has 0 aromatic carbocycles. The zero-order valence-corrected chi connectivity index (χ0v) is 50.4. The Hall–Kier alpha value is 3.62. The fourth-order valence-corrected chi connectivity index (χ4v) is 261. The molecule has 6 atom stereocenters. The van der Waals surface area contributed by atoms with Gasteiger partial charge < -0.3 is 80.5 Å². The Balaban J connectivity index is 5.22. The summed E-state index contributed by atoms with van der Waals surface area (Å²) in [5, 5.41) is 0. The maximum absolute atomic E-state index is 12.3. The Kier molecular flexibility index (Phi) is 20.4. The fraction of sp³-hybridized carbons (Fsp3) is 1.00. The molecule has 1 heterocycles. The van der Waals surface area contributed by atoms with Crippen LogP contribution in [-0.2, 0) is 37.3 Å². The van der Waals surface area contributed by atoms with Crippen LogP contribution in [-0.4, -0.2) is 221 Å². The highest BCUT2D eigenvalue weighted by molar-refractivity contribution is 8.12. The Bertz CT molecular complexity index is 1100. The zero-order chi connectivity index (χ0) is 40.2. The van der Waals surface area contributed by atoms with Gasteiger partial charge in [0.05, 0.1) is 0 Å². The van der Waals surface area contributed by atoms with Gasteiger partial charge in [0.25, 0.3) is 32.3 Å². The van der Waals surface area contributed by atoms with Crippen molar-refractivity contribution in [2.75, 3.05) is 7.11 Å². The van der Waals surface area contributed by atoms with Crippen LogP contribution in [0.3, 0.4) is 0 Å². The van der Waals surface area contributed by atoms with Crippen LogP contribution < -0.4 is 0 Å². The standard InChI is InChI=1S/C13H47O18Si20/c1-23-46(12,32)51(26-40(2)21)48(49(37-18,38-19)25-34-15,31-47(35-16,36-17)24-33-14)29-44(10,27-42(4,5)6)13-45(11,28-43(7,8)9)30-50(51,39-20)41(3)22/h14-22H,13H2,1-12H3. The Morgan fingerprint density at radius 3 is 1.47 bits per heavy atom. The quantitative estimate of drug-likeness (QED) is 0.0485. The maximum atomic E-state index is 12.3. The van der Waals surface area contributed by atoms with Crippen molar-refractivity contribution >= 4 is 171 Å². The van der Waals surface area contributed by atoms with E-state index in [-0.39, 0.29) is 5.67 Å². The molecule has 0 bridgehead atoms. The summed E-state index contributed by atoms with van der Waals surface area (Å²) in [5.74, 6) is 0. The zero-order valence-electron chi connectivity index (χ0n) is 30.4. The normalized spacial score (nSPS) is 31.5. The summed E-state index contributed by atoms with van der Waals surface area (Å²) < 4.78 is 61.3. The summed E-state index contributed by atoms with van der Waals surface area (Å²) in [6.45, 7) is 5.62. The Labute approximate surface area is 333 Å².